The van der Waals surface area contributed by atoms with Gasteiger partial charge >= 0.3 is 6.09 Å². The molecule has 1 rings (SSSR count). The lowest BCUT2D eigenvalue weighted by Crippen LogP contribution is -2.48. The van der Waals surface area contributed by atoms with E-state index in [1.54, 1.807) is 40.0 Å². The number of hydrogen-bond acceptors (Lipinski definition) is 5. The van der Waals surface area contributed by atoms with Crippen LogP contribution < -0.4 is 15.4 Å². The molecule has 26 heavy (non-hydrogen) atoms. The van der Waals surface area contributed by atoms with Gasteiger partial charge in [-0.1, -0.05) is 24.0 Å². The molecule has 0 aliphatic carbocycles. The van der Waals surface area contributed by atoms with Crippen LogP contribution in [0.15, 0.2) is 24.3 Å². The van der Waals surface area contributed by atoms with E-state index in [2.05, 4.69) is 22.5 Å². The van der Waals surface area contributed by atoms with Crippen molar-refractivity contribution in [2.24, 2.45) is 0 Å². The number of nitrogens with zero attached hydrogens (tertiary/aromatic N) is 1. The molecule has 1 aromatic carbocycles. The second-order valence-electron chi connectivity index (χ2n) is 6.28. The first-order chi connectivity index (χ1) is 12.3. The van der Waals surface area contributed by atoms with Crippen molar-refractivity contribution in [3.63, 3.8) is 0 Å². The predicted molar refractivity (Wildman–Crippen MR) is 96.3 cm³/mol. The number of rotatable bonds is 5. The topological polar surface area (TPSA) is 100 Å². The van der Waals surface area contributed by atoms with E-state index in [1.165, 1.54) is 0 Å². The smallest absolute Gasteiger partial charge is 0.408 e. The molecular formula is C19H23N3O4. The number of carbonyl (C=O) groups excluding carboxylic acids is 2. The number of hydrogen-bond donors (Lipinski definition) is 2. The first-order valence-electron chi connectivity index (χ1n) is 8.03. The zero-order chi connectivity index (χ0) is 19.6. The Balaban J connectivity index is 2.86. The standard InChI is InChI=1S/C19H23N3O4/c1-19(2,3)26-18(24)22-15(17(23)21-13-12-20)10-7-9-14-8-5-6-11-16(14)25-4/h5-6,8,11,15H,10,13H2,1-4H3,(H,21,23)(H,22,24)/t15-/m0/s1. The van der Waals surface area contributed by atoms with Crippen molar-refractivity contribution in [1.82, 2.24) is 10.6 Å². The molecule has 1 atom stereocenters. The summed E-state index contributed by atoms with van der Waals surface area (Å²) in [5.41, 5.74) is -0.0237. The lowest BCUT2D eigenvalue weighted by atomic mass is 10.1. The molecule has 0 fully saturated rings. The fraction of sp³-hybridized carbons (Fsp3) is 0.421. The van der Waals surface area contributed by atoms with Gasteiger partial charge in [0.1, 0.15) is 23.9 Å². The Hall–Kier alpha value is -3.19. The van der Waals surface area contributed by atoms with Crippen molar-refractivity contribution in [2.45, 2.75) is 38.8 Å². The maximum absolute atomic E-state index is 12.1. The average Bonchev–Trinajstić information content (AvgIpc) is 2.57. The zero-order valence-electron chi connectivity index (χ0n) is 15.4. The highest BCUT2D eigenvalue weighted by atomic mass is 16.6. The molecule has 138 valence electrons. The van der Waals surface area contributed by atoms with Crippen molar-refractivity contribution in [3.05, 3.63) is 29.8 Å². The minimum atomic E-state index is -0.944. The van der Waals surface area contributed by atoms with Crippen LogP contribution in [0.25, 0.3) is 0 Å². The quantitative estimate of drug-likeness (QED) is 0.620. The van der Waals surface area contributed by atoms with Crippen LogP contribution in [-0.4, -0.2) is 37.3 Å². The molecule has 0 heterocycles. The average molecular weight is 357 g/mol. The largest absolute Gasteiger partial charge is 0.495 e. The third-order valence-corrected chi connectivity index (χ3v) is 2.99. The van der Waals surface area contributed by atoms with Gasteiger partial charge in [0, 0.05) is 6.42 Å². The third kappa shape index (κ3) is 7.59. The van der Waals surface area contributed by atoms with E-state index in [4.69, 9.17) is 14.7 Å². The van der Waals surface area contributed by atoms with Gasteiger partial charge in [-0.05, 0) is 32.9 Å². The van der Waals surface area contributed by atoms with Gasteiger partial charge in [-0.15, -0.1) is 0 Å². The molecule has 0 aliphatic rings. The number of carbonyl (C=O) groups is 2. The van der Waals surface area contributed by atoms with Crippen LogP contribution in [0, 0.1) is 23.2 Å². The van der Waals surface area contributed by atoms with Crippen LogP contribution >= 0.6 is 0 Å². The predicted octanol–water partition coefficient (Wildman–Crippen LogP) is 1.97. The summed E-state index contributed by atoms with van der Waals surface area (Å²) in [6.07, 6.45) is -0.678. The SMILES string of the molecule is COc1ccccc1C#CC[C@H](NC(=O)OC(C)(C)C)C(=O)NCC#N. The zero-order valence-corrected chi connectivity index (χ0v) is 15.4. The van der Waals surface area contributed by atoms with Gasteiger partial charge in [-0.3, -0.25) is 4.79 Å². The van der Waals surface area contributed by atoms with Gasteiger partial charge in [-0.25, -0.2) is 4.79 Å². The van der Waals surface area contributed by atoms with Crippen LogP contribution in [0.3, 0.4) is 0 Å². The van der Waals surface area contributed by atoms with E-state index >= 15 is 0 Å². The van der Waals surface area contributed by atoms with Crippen molar-refractivity contribution in [2.75, 3.05) is 13.7 Å². The van der Waals surface area contributed by atoms with Gasteiger partial charge in [0.05, 0.1) is 18.7 Å². The number of nitriles is 1. The Morgan fingerprint density at radius 2 is 1.96 bits per heavy atom. The summed E-state index contributed by atoms with van der Waals surface area (Å²) in [6.45, 7) is 5.00. The van der Waals surface area contributed by atoms with E-state index < -0.39 is 23.6 Å². The van der Waals surface area contributed by atoms with Crippen LogP contribution in [-0.2, 0) is 9.53 Å². The van der Waals surface area contributed by atoms with Gasteiger partial charge in [-0.2, -0.15) is 5.26 Å². The minimum Gasteiger partial charge on any atom is -0.495 e. The Kier molecular flexibility index (Phi) is 7.98. The lowest BCUT2D eigenvalue weighted by Gasteiger charge is -2.22. The number of alkyl carbamates (subject to hydrolysis) is 1. The first kappa shape index (κ1) is 20.9. The molecular weight excluding hydrogens is 334 g/mol. The van der Waals surface area contributed by atoms with Gasteiger partial charge in [0.2, 0.25) is 5.91 Å². The highest BCUT2D eigenvalue weighted by Gasteiger charge is 2.23. The van der Waals surface area contributed by atoms with Crippen LogP contribution in [0.1, 0.15) is 32.8 Å². The number of amides is 2. The van der Waals surface area contributed by atoms with Crippen LogP contribution in [0.5, 0.6) is 5.75 Å². The third-order valence-electron chi connectivity index (χ3n) is 2.99. The molecule has 0 radical (unpaired) electrons. The van der Waals surface area contributed by atoms with E-state index in [9.17, 15) is 9.59 Å². The molecule has 2 N–H and O–H groups in total. The fourth-order valence-corrected chi connectivity index (χ4v) is 1.91. The maximum atomic E-state index is 12.1. The molecule has 0 bridgehead atoms. The Morgan fingerprint density at radius 3 is 2.58 bits per heavy atom. The van der Waals surface area contributed by atoms with Crippen molar-refractivity contribution in [1.29, 1.82) is 5.26 Å². The summed E-state index contributed by atoms with van der Waals surface area (Å²) >= 11 is 0. The number of para-hydroxylation sites is 1. The summed E-state index contributed by atoms with van der Waals surface area (Å²) in [4.78, 5) is 24.1. The molecule has 0 spiro atoms. The maximum Gasteiger partial charge on any atom is 0.408 e. The van der Waals surface area contributed by atoms with E-state index in [1.807, 2.05) is 18.2 Å². The molecule has 0 saturated carbocycles. The fourth-order valence-electron chi connectivity index (χ4n) is 1.91. The van der Waals surface area contributed by atoms with Gasteiger partial charge in [0.25, 0.3) is 0 Å². The number of ether oxygens (including phenoxy) is 2. The molecule has 0 aromatic heterocycles. The second-order valence-corrected chi connectivity index (χ2v) is 6.28. The first-order valence-corrected chi connectivity index (χ1v) is 8.03. The van der Waals surface area contributed by atoms with E-state index in [-0.39, 0.29) is 13.0 Å². The van der Waals surface area contributed by atoms with Gasteiger partial charge in [0.15, 0.2) is 0 Å². The number of methoxy groups -OCH3 is 1. The number of nitrogens with one attached hydrogen (secondary N) is 2. The van der Waals surface area contributed by atoms with Crippen molar-refractivity contribution in [3.8, 4) is 23.7 Å². The molecule has 1 aromatic rings. The monoisotopic (exact) mass is 357 g/mol. The van der Waals surface area contributed by atoms with Crippen LogP contribution in [0.2, 0.25) is 0 Å². The summed E-state index contributed by atoms with van der Waals surface area (Å²) < 4.78 is 10.4. The van der Waals surface area contributed by atoms with Crippen molar-refractivity contribution >= 4 is 12.0 Å². The second kappa shape index (κ2) is 9.95. The molecule has 0 unspecified atom stereocenters. The molecule has 0 aliphatic heterocycles. The summed E-state index contributed by atoms with van der Waals surface area (Å²) in [5, 5.41) is 13.5. The normalized spacial score (nSPS) is 11.2. The lowest BCUT2D eigenvalue weighted by molar-refractivity contribution is -0.122. The van der Waals surface area contributed by atoms with E-state index in [0.717, 1.165) is 0 Å². The minimum absolute atomic E-state index is 0.0502. The highest BCUT2D eigenvalue weighted by Crippen LogP contribution is 2.15. The molecule has 7 heteroatoms. The van der Waals surface area contributed by atoms with E-state index in [0.29, 0.717) is 11.3 Å². The summed E-state index contributed by atoms with van der Waals surface area (Å²) in [6, 6.07) is 8.08. The van der Waals surface area contributed by atoms with Crippen molar-refractivity contribution < 1.29 is 19.1 Å². The molecule has 0 saturated heterocycles. The Bertz CT molecular complexity index is 736. The molecule has 2 amide bonds. The summed E-state index contributed by atoms with van der Waals surface area (Å²) in [5.74, 6) is 5.88. The number of benzene rings is 1. The Morgan fingerprint density at radius 1 is 1.27 bits per heavy atom. The highest BCUT2D eigenvalue weighted by molar-refractivity contribution is 5.86. The summed E-state index contributed by atoms with van der Waals surface area (Å²) in [7, 11) is 1.54. The molecule has 7 nitrogen and oxygen atoms in total. The Labute approximate surface area is 153 Å². The van der Waals surface area contributed by atoms with Gasteiger partial charge < -0.3 is 20.1 Å². The van der Waals surface area contributed by atoms with Crippen LogP contribution in [0.4, 0.5) is 4.79 Å².